The van der Waals surface area contributed by atoms with Crippen LogP contribution >= 0.6 is 0 Å². The SMILES string of the molecule is CCOC(=O)C[C@@H]1COCCN1C(=O)c1cc2cc(C)ccc2nc1C. The Morgan fingerprint density at radius 1 is 1.31 bits per heavy atom. The molecule has 138 valence electrons. The molecule has 0 radical (unpaired) electrons. The number of carbonyl (C=O) groups is 2. The number of pyridine rings is 1. The lowest BCUT2D eigenvalue weighted by molar-refractivity contribution is -0.145. The van der Waals surface area contributed by atoms with Gasteiger partial charge in [-0.05, 0) is 39.0 Å². The second-order valence-electron chi connectivity index (χ2n) is 6.55. The molecule has 0 N–H and O–H groups in total. The van der Waals surface area contributed by atoms with Crippen LogP contribution in [0.25, 0.3) is 10.9 Å². The number of rotatable bonds is 4. The first-order valence-electron chi connectivity index (χ1n) is 8.92. The number of ether oxygens (including phenoxy) is 2. The summed E-state index contributed by atoms with van der Waals surface area (Å²) in [6, 6.07) is 7.57. The van der Waals surface area contributed by atoms with Gasteiger partial charge in [-0.25, -0.2) is 0 Å². The van der Waals surface area contributed by atoms with Gasteiger partial charge >= 0.3 is 5.97 Å². The summed E-state index contributed by atoms with van der Waals surface area (Å²) in [5, 5.41) is 0.939. The van der Waals surface area contributed by atoms with Crippen LogP contribution in [0.4, 0.5) is 0 Å². The van der Waals surface area contributed by atoms with Crippen LogP contribution in [0.15, 0.2) is 24.3 Å². The van der Waals surface area contributed by atoms with E-state index in [-0.39, 0.29) is 24.3 Å². The lowest BCUT2D eigenvalue weighted by Crippen LogP contribution is -2.49. The van der Waals surface area contributed by atoms with Crippen molar-refractivity contribution in [2.45, 2.75) is 33.2 Å². The number of benzene rings is 1. The number of hydrogen-bond acceptors (Lipinski definition) is 5. The molecule has 26 heavy (non-hydrogen) atoms. The number of hydrogen-bond donors (Lipinski definition) is 0. The van der Waals surface area contributed by atoms with Gasteiger partial charge < -0.3 is 14.4 Å². The van der Waals surface area contributed by atoms with Crippen LogP contribution < -0.4 is 0 Å². The number of aryl methyl sites for hydroxylation is 2. The highest BCUT2D eigenvalue weighted by Crippen LogP contribution is 2.22. The smallest absolute Gasteiger partial charge is 0.307 e. The topological polar surface area (TPSA) is 68.7 Å². The van der Waals surface area contributed by atoms with E-state index in [0.717, 1.165) is 16.5 Å². The Hall–Kier alpha value is -2.47. The molecule has 1 atom stereocenters. The number of esters is 1. The van der Waals surface area contributed by atoms with Gasteiger partial charge in [0, 0.05) is 11.9 Å². The summed E-state index contributed by atoms with van der Waals surface area (Å²) >= 11 is 0. The zero-order valence-corrected chi connectivity index (χ0v) is 15.4. The lowest BCUT2D eigenvalue weighted by Gasteiger charge is -2.35. The van der Waals surface area contributed by atoms with Crippen molar-refractivity contribution in [1.29, 1.82) is 0 Å². The Kier molecular flexibility index (Phi) is 5.52. The van der Waals surface area contributed by atoms with Crippen molar-refractivity contribution in [3.05, 3.63) is 41.1 Å². The van der Waals surface area contributed by atoms with E-state index < -0.39 is 0 Å². The number of amides is 1. The summed E-state index contributed by atoms with van der Waals surface area (Å²) in [5.74, 6) is -0.430. The molecule has 0 bridgehead atoms. The number of morpholine rings is 1. The summed E-state index contributed by atoms with van der Waals surface area (Å²) in [6.45, 7) is 7.20. The third kappa shape index (κ3) is 3.85. The number of nitrogens with zero attached hydrogens (tertiary/aromatic N) is 2. The normalized spacial score (nSPS) is 17.3. The van der Waals surface area contributed by atoms with Gasteiger partial charge in [0.1, 0.15) is 0 Å². The first kappa shape index (κ1) is 18.3. The average Bonchev–Trinajstić information content (AvgIpc) is 2.61. The van der Waals surface area contributed by atoms with E-state index in [2.05, 4.69) is 4.98 Å². The molecule has 6 heteroatoms. The maximum Gasteiger partial charge on any atom is 0.307 e. The van der Waals surface area contributed by atoms with Crippen molar-refractivity contribution >= 4 is 22.8 Å². The Morgan fingerprint density at radius 3 is 2.88 bits per heavy atom. The van der Waals surface area contributed by atoms with Gasteiger partial charge in [0.15, 0.2) is 0 Å². The van der Waals surface area contributed by atoms with Crippen molar-refractivity contribution in [2.24, 2.45) is 0 Å². The minimum Gasteiger partial charge on any atom is -0.466 e. The maximum absolute atomic E-state index is 13.2. The largest absolute Gasteiger partial charge is 0.466 e. The summed E-state index contributed by atoms with van der Waals surface area (Å²) < 4.78 is 10.5. The first-order chi connectivity index (χ1) is 12.5. The molecular weight excluding hydrogens is 332 g/mol. The predicted molar refractivity (Wildman–Crippen MR) is 98.1 cm³/mol. The molecule has 6 nitrogen and oxygen atoms in total. The second-order valence-corrected chi connectivity index (χ2v) is 6.55. The van der Waals surface area contributed by atoms with Crippen LogP contribution in [0.3, 0.4) is 0 Å². The molecule has 2 heterocycles. The van der Waals surface area contributed by atoms with E-state index in [1.54, 1.807) is 11.8 Å². The molecular formula is C20H24N2O4. The van der Waals surface area contributed by atoms with Gasteiger partial charge in [-0.3, -0.25) is 14.6 Å². The molecule has 1 aliphatic rings. The van der Waals surface area contributed by atoms with Gasteiger partial charge in [-0.1, -0.05) is 11.6 Å². The molecule has 0 aliphatic carbocycles. The molecule has 0 saturated carbocycles. The average molecular weight is 356 g/mol. The van der Waals surface area contributed by atoms with Gasteiger partial charge in [-0.15, -0.1) is 0 Å². The molecule has 0 unspecified atom stereocenters. The standard InChI is InChI=1S/C20H24N2O4/c1-4-26-19(23)11-16-12-25-8-7-22(16)20(24)17-10-15-9-13(2)5-6-18(15)21-14(17)3/h5-6,9-10,16H,4,7-8,11-12H2,1-3H3/t16-/m1/s1. The molecule has 3 rings (SSSR count). The zero-order valence-electron chi connectivity index (χ0n) is 15.4. The monoisotopic (exact) mass is 356 g/mol. The molecule has 1 saturated heterocycles. The van der Waals surface area contributed by atoms with Crippen LogP contribution in [0.5, 0.6) is 0 Å². The summed E-state index contributed by atoms with van der Waals surface area (Å²) in [4.78, 5) is 31.3. The molecule has 1 fully saturated rings. The minimum atomic E-state index is -0.317. The van der Waals surface area contributed by atoms with Crippen LogP contribution in [0, 0.1) is 13.8 Å². The van der Waals surface area contributed by atoms with Gasteiger partial charge in [-0.2, -0.15) is 0 Å². The number of fused-ring (bicyclic) bond motifs is 1. The Balaban J connectivity index is 1.89. The maximum atomic E-state index is 13.2. The molecule has 1 aromatic carbocycles. The highest BCUT2D eigenvalue weighted by atomic mass is 16.5. The molecule has 2 aromatic rings. The fourth-order valence-electron chi connectivity index (χ4n) is 3.27. The van der Waals surface area contributed by atoms with Crippen LogP contribution in [0.2, 0.25) is 0 Å². The van der Waals surface area contributed by atoms with Crippen LogP contribution in [0.1, 0.15) is 35.0 Å². The second kappa shape index (κ2) is 7.83. The highest BCUT2D eigenvalue weighted by Gasteiger charge is 2.31. The summed E-state index contributed by atoms with van der Waals surface area (Å²) in [7, 11) is 0. The third-order valence-electron chi connectivity index (χ3n) is 4.59. The fourth-order valence-corrected chi connectivity index (χ4v) is 3.27. The predicted octanol–water partition coefficient (Wildman–Crippen LogP) is 2.65. The van der Waals surface area contributed by atoms with Gasteiger partial charge in [0.25, 0.3) is 5.91 Å². The van der Waals surface area contributed by atoms with Crippen LogP contribution in [-0.4, -0.2) is 54.2 Å². The zero-order chi connectivity index (χ0) is 18.7. The third-order valence-corrected chi connectivity index (χ3v) is 4.59. The van der Waals surface area contributed by atoms with Gasteiger partial charge in [0.05, 0.1) is 49.1 Å². The van der Waals surface area contributed by atoms with Crippen molar-refractivity contribution in [1.82, 2.24) is 9.88 Å². The van der Waals surface area contributed by atoms with E-state index in [1.807, 2.05) is 38.1 Å². The Labute approximate surface area is 153 Å². The van der Waals surface area contributed by atoms with Gasteiger partial charge in [0.2, 0.25) is 0 Å². The highest BCUT2D eigenvalue weighted by molar-refractivity contribution is 5.99. The van der Waals surface area contributed by atoms with Crippen molar-refractivity contribution in [3.63, 3.8) is 0 Å². The Bertz CT molecular complexity index is 834. The van der Waals surface area contributed by atoms with E-state index in [9.17, 15) is 9.59 Å². The molecule has 1 aromatic heterocycles. The van der Waals surface area contributed by atoms with Crippen molar-refractivity contribution < 1.29 is 19.1 Å². The minimum absolute atomic E-state index is 0.115. The quantitative estimate of drug-likeness (QED) is 0.788. The van der Waals surface area contributed by atoms with Crippen molar-refractivity contribution in [3.8, 4) is 0 Å². The first-order valence-corrected chi connectivity index (χ1v) is 8.92. The van der Waals surface area contributed by atoms with Crippen molar-refractivity contribution in [2.75, 3.05) is 26.4 Å². The molecule has 1 amide bonds. The van der Waals surface area contributed by atoms with E-state index in [1.165, 1.54) is 0 Å². The fraction of sp³-hybridized carbons (Fsp3) is 0.450. The number of carbonyl (C=O) groups excluding carboxylic acids is 2. The van der Waals surface area contributed by atoms with E-state index in [4.69, 9.17) is 9.47 Å². The lowest BCUT2D eigenvalue weighted by atomic mass is 10.0. The van der Waals surface area contributed by atoms with E-state index >= 15 is 0 Å². The summed E-state index contributed by atoms with van der Waals surface area (Å²) in [5.41, 5.74) is 3.24. The van der Waals surface area contributed by atoms with E-state index in [0.29, 0.717) is 37.6 Å². The molecule has 0 spiro atoms. The molecule has 1 aliphatic heterocycles. The Morgan fingerprint density at radius 2 is 2.12 bits per heavy atom. The number of aromatic nitrogens is 1. The van der Waals surface area contributed by atoms with Crippen LogP contribution in [-0.2, 0) is 14.3 Å². The summed E-state index contributed by atoms with van der Waals surface area (Å²) in [6.07, 6.45) is 0.138.